The number of benzene rings is 1. The second-order valence-electron chi connectivity index (χ2n) is 3.46. The number of ketones is 2. The first-order chi connectivity index (χ1) is 8.00. The average Bonchev–Trinajstić information content (AvgIpc) is 2.25. The number of halogens is 1. The van der Waals surface area contributed by atoms with Crippen molar-refractivity contribution < 1.29 is 19.1 Å². The first-order valence-electron chi connectivity index (χ1n) is 4.78. The van der Waals surface area contributed by atoms with Gasteiger partial charge < -0.3 is 4.74 Å². The summed E-state index contributed by atoms with van der Waals surface area (Å²) in [5, 5.41) is -0.137. The van der Waals surface area contributed by atoms with Gasteiger partial charge in [-0.3, -0.25) is 14.4 Å². The van der Waals surface area contributed by atoms with E-state index in [9.17, 15) is 14.4 Å². The van der Waals surface area contributed by atoms with E-state index in [1.807, 2.05) is 0 Å². The Morgan fingerprint density at radius 3 is 2.65 bits per heavy atom. The molecule has 0 spiro atoms. The second kappa shape index (κ2) is 4.14. The molecule has 0 radical (unpaired) electrons. The van der Waals surface area contributed by atoms with Gasteiger partial charge in [0.2, 0.25) is 5.78 Å². The quantitative estimate of drug-likeness (QED) is 0.566. The van der Waals surface area contributed by atoms with E-state index in [4.69, 9.17) is 16.3 Å². The summed E-state index contributed by atoms with van der Waals surface area (Å²) < 4.78 is 4.88. The van der Waals surface area contributed by atoms with E-state index >= 15 is 0 Å². The Morgan fingerprint density at radius 1 is 1.29 bits per heavy atom. The highest BCUT2D eigenvalue weighted by molar-refractivity contribution is 6.49. The van der Waals surface area contributed by atoms with E-state index in [0.717, 1.165) is 6.08 Å². The van der Waals surface area contributed by atoms with Crippen LogP contribution in [0.1, 0.15) is 27.6 Å². The molecule has 5 heteroatoms. The highest BCUT2D eigenvalue weighted by Crippen LogP contribution is 2.30. The van der Waals surface area contributed by atoms with Crippen LogP contribution in [0.15, 0.2) is 29.3 Å². The van der Waals surface area contributed by atoms with E-state index in [2.05, 4.69) is 0 Å². The van der Waals surface area contributed by atoms with Crippen molar-refractivity contribution in [3.05, 3.63) is 40.4 Å². The summed E-state index contributed by atoms with van der Waals surface area (Å²) in [5.41, 5.74) is 0.235. The molecule has 0 fully saturated rings. The van der Waals surface area contributed by atoms with Crippen LogP contribution in [0, 0.1) is 0 Å². The fraction of sp³-hybridized carbons (Fsp3) is 0.0833. The molecule has 0 heterocycles. The van der Waals surface area contributed by atoms with Crippen LogP contribution in [-0.2, 0) is 4.79 Å². The highest BCUT2D eigenvalue weighted by atomic mass is 35.5. The predicted octanol–water partition coefficient (Wildman–Crippen LogP) is 2.11. The van der Waals surface area contributed by atoms with Gasteiger partial charge >= 0.3 is 5.97 Å². The summed E-state index contributed by atoms with van der Waals surface area (Å²) in [5.74, 6) is -1.37. The molecular weight excluding hydrogens is 244 g/mol. The number of ether oxygens (including phenoxy) is 1. The molecule has 1 aliphatic rings. The molecule has 2 rings (SSSR count). The van der Waals surface area contributed by atoms with Crippen molar-refractivity contribution in [2.24, 2.45) is 0 Å². The minimum Gasteiger partial charge on any atom is -0.426 e. The van der Waals surface area contributed by atoms with E-state index < -0.39 is 17.5 Å². The van der Waals surface area contributed by atoms with Crippen molar-refractivity contribution in [2.45, 2.75) is 6.92 Å². The standard InChI is InChI=1S/C12H7ClO4/c1-6(14)17-10-4-2-3-7-11(10)9(15)5-8(13)12(7)16/h2-5H,1H3. The number of carbonyl (C=O) groups is 3. The van der Waals surface area contributed by atoms with Crippen molar-refractivity contribution in [1.29, 1.82) is 0 Å². The lowest BCUT2D eigenvalue weighted by Gasteiger charge is -2.14. The van der Waals surface area contributed by atoms with E-state index in [0.29, 0.717) is 0 Å². The number of fused-ring (bicyclic) bond motifs is 1. The maximum absolute atomic E-state index is 11.7. The van der Waals surface area contributed by atoms with Crippen molar-refractivity contribution in [1.82, 2.24) is 0 Å². The lowest BCUT2D eigenvalue weighted by Crippen LogP contribution is -2.17. The molecule has 17 heavy (non-hydrogen) atoms. The van der Waals surface area contributed by atoms with Crippen LogP contribution >= 0.6 is 11.6 Å². The van der Waals surface area contributed by atoms with Gasteiger partial charge in [0.25, 0.3) is 0 Å². The number of carbonyl (C=O) groups excluding carboxylic acids is 3. The van der Waals surface area contributed by atoms with E-state index in [-0.39, 0.29) is 21.9 Å². The van der Waals surface area contributed by atoms with Gasteiger partial charge in [0.05, 0.1) is 10.6 Å². The van der Waals surface area contributed by atoms with Crippen LogP contribution in [0.5, 0.6) is 5.75 Å². The molecule has 86 valence electrons. The Bertz CT molecular complexity index is 572. The Kier molecular flexibility index (Phi) is 2.81. The van der Waals surface area contributed by atoms with Gasteiger partial charge in [0.15, 0.2) is 5.78 Å². The highest BCUT2D eigenvalue weighted by Gasteiger charge is 2.27. The van der Waals surface area contributed by atoms with Gasteiger partial charge in [-0.15, -0.1) is 0 Å². The summed E-state index contributed by atoms with van der Waals surface area (Å²) in [6.07, 6.45) is 1.03. The third-order valence-electron chi connectivity index (χ3n) is 2.25. The molecule has 0 unspecified atom stereocenters. The van der Waals surface area contributed by atoms with Gasteiger partial charge in [-0.05, 0) is 12.1 Å². The molecule has 0 saturated heterocycles. The third-order valence-corrected chi connectivity index (χ3v) is 2.53. The fourth-order valence-corrected chi connectivity index (χ4v) is 1.80. The van der Waals surface area contributed by atoms with E-state index in [1.54, 1.807) is 0 Å². The van der Waals surface area contributed by atoms with Gasteiger partial charge in [0.1, 0.15) is 5.75 Å². The van der Waals surface area contributed by atoms with Gasteiger partial charge in [-0.25, -0.2) is 0 Å². The minimum absolute atomic E-state index is 0.0776. The Labute approximate surface area is 102 Å². The summed E-state index contributed by atoms with van der Waals surface area (Å²) in [6, 6.07) is 4.45. The number of rotatable bonds is 1. The van der Waals surface area contributed by atoms with Crippen LogP contribution in [0.2, 0.25) is 0 Å². The van der Waals surface area contributed by atoms with E-state index in [1.165, 1.54) is 25.1 Å². The first-order valence-corrected chi connectivity index (χ1v) is 5.16. The molecule has 4 nitrogen and oxygen atoms in total. The fourth-order valence-electron chi connectivity index (χ4n) is 1.60. The smallest absolute Gasteiger partial charge is 0.308 e. The molecule has 0 aromatic heterocycles. The molecule has 1 aromatic rings. The summed E-state index contributed by atoms with van der Waals surface area (Å²) in [7, 11) is 0. The molecule has 0 bridgehead atoms. The van der Waals surface area contributed by atoms with Crippen LogP contribution in [0.3, 0.4) is 0 Å². The summed E-state index contributed by atoms with van der Waals surface area (Å²) >= 11 is 5.63. The molecule has 0 atom stereocenters. The van der Waals surface area contributed by atoms with Gasteiger partial charge in [0, 0.05) is 18.6 Å². The molecule has 1 aromatic carbocycles. The number of hydrogen-bond donors (Lipinski definition) is 0. The third kappa shape index (κ3) is 1.99. The molecule has 0 amide bonds. The lowest BCUT2D eigenvalue weighted by molar-refractivity contribution is -0.131. The van der Waals surface area contributed by atoms with Crippen molar-refractivity contribution in [3.63, 3.8) is 0 Å². The Balaban J connectivity index is 2.61. The Morgan fingerprint density at radius 2 is 2.00 bits per heavy atom. The number of hydrogen-bond acceptors (Lipinski definition) is 4. The maximum Gasteiger partial charge on any atom is 0.308 e. The van der Waals surface area contributed by atoms with Crippen molar-refractivity contribution >= 4 is 29.1 Å². The number of esters is 1. The summed E-state index contributed by atoms with van der Waals surface area (Å²) in [4.78, 5) is 34.3. The lowest BCUT2D eigenvalue weighted by atomic mass is 9.94. The van der Waals surface area contributed by atoms with Crippen LogP contribution < -0.4 is 4.74 Å². The van der Waals surface area contributed by atoms with Crippen LogP contribution in [0.4, 0.5) is 0 Å². The van der Waals surface area contributed by atoms with Crippen LogP contribution in [-0.4, -0.2) is 17.5 Å². The zero-order valence-electron chi connectivity index (χ0n) is 8.82. The molecule has 0 aliphatic heterocycles. The monoisotopic (exact) mass is 250 g/mol. The van der Waals surface area contributed by atoms with Crippen LogP contribution in [0.25, 0.3) is 0 Å². The van der Waals surface area contributed by atoms with Crippen molar-refractivity contribution in [3.8, 4) is 5.75 Å². The maximum atomic E-state index is 11.7. The molecular formula is C12H7ClO4. The number of allylic oxidation sites excluding steroid dienone is 2. The van der Waals surface area contributed by atoms with Gasteiger partial charge in [-0.1, -0.05) is 17.7 Å². The largest absolute Gasteiger partial charge is 0.426 e. The van der Waals surface area contributed by atoms with Gasteiger partial charge in [-0.2, -0.15) is 0 Å². The van der Waals surface area contributed by atoms with Crippen molar-refractivity contribution in [2.75, 3.05) is 0 Å². The second-order valence-corrected chi connectivity index (χ2v) is 3.87. The summed E-state index contributed by atoms with van der Waals surface area (Å²) in [6.45, 7) is 1.22. The normalized spacial score (nSPS) is 14.1. The SMILES string of the molecule is CC(=O)Oc1cccc2c1C(=O)C=C(Cl)C2=O. The number of Topliss-reactive ketones (excluding diaryl/α,β-unsaturated/α-hetero) is 1. The average molecular weight is 251 g/mol. The predicted molar refractivity (Wildman–Crippen MR) is 60.3 cm³/mol. The zero-order valence-corrected chi connectivity index (χ0v) is 9.58. The topological polar surface area (TPSA) is 60.4 Å². The molecule has 0 N–H and O–H groups in total. The molecule has 1 aliphatic carbocycles. The minimum atomic E-state index is -0.556. The zero-order chi connectivity index (χ0) is 12.6. The first kappa shape index (κ1) is 11.5. The Hall–Kier alpha value is -1.94. The molecule has 0 saturated carbocycles.